The third-order valence-electron chi connectivity index (χ3n) is 3.57. The summed E-state index contributed by atoms with van der Waals surface area (Å²) in [6.07, 6.45) is 1.71. The van der Waals surface area contributed by atoms with Crippen LogP contribution in [0, 0.1) is 24.0 Å². The van der Waals surface area contributed by atoms with Crippen molar-refractivity contribution in [2.45, 2.75) is 13.8 Å². The number of hydrogen-bond acceptors (Lipinski definition) is 6. The first-order chi connectivity index (χ1) is 11.5. The van der Waals surface area contributed by atoms with Crippen molar-refractivity contribution in [1.29, 1.82) is 0 Å². The summed E-state index contributed by atoms with van der Waals surface area (Å²) in [5.74, 6) is 0.987. The molecule has 3 rings (SSSR count). The van der Waals surface area contributed by atoms with Gasteiger partial charge in [-0.3, -0.25) is 10.1 Å². The summed E-state index contributed by atoms with van der Waals surface area (Å²) >= 11 is 0. The molecule has 2 heterocycles. The minimum atomic E-state index is -0.431. The topological polar surface area (TPSA) is 98.8 Å². The molecule has 0 saturated heterocycles. The van der Waals surface area contributed by atoms with E-state index < -0.39 is 4.92 Å². The van der Waals surface area contributed by atoms with Crippen molar-refractivity contribution in [1.82, 2.24) is 19.7 Å². The molecule has 0 aliphatic heterocycles. The van der Waals surface area contributed by atoms with E-state index in [4.69, 9.17) is 0 Å². The second kappa shape index (κ2) is 6.07. The number of rotatable bonds is 4. The van der Waals surface area contributed by atoms with E-state index in [9.17, 15) is 10.1 Å². The summed E-state index contributed by atoms with van der Waals surface area (Å²) in [6.45, 7) is 3.52. The standard InChI is InChI=1S/C16H16N6O2/c1-10-8-9-17-15(18-10)12-4-6-13(7-5-12)19-16-14(22(23)24)11(2)20-21(16)3/h4-9,19H,1-3H3. The van der Waals surface area contributed by atoms with Gasteiger partial charge in [0.2, 0.25) is 5.82 Å². The van der Waals surface area contributed by atoms with Crippen molar-refractivity contribution in [2.24, 2.45) is 7.05 Å². The summed E-state index contributed by atoms with van der Waals surface area (Å²) in [6, 6.07) is 9.22. The zero-order valence-electron chi connectivity index (χ0n) is 13.5. The number of anilines is 2. The van der Waals surface area contributed by atoms with Crippen LogP contribution in [-0.2, 0) is 7.05 Å². The van der Waals surface area contributed by atoms with Crippen LogP contribution in [-0.4, -0.2) is 24.7 Å². The van der Waals surface area contributed by atoms with Gasteiger partial charge < -0.3 is 5.32 Å². The SMILES string of the molecule is Cc1ccnc(-c2ccc(Nc3c([N+](=O)[O-])c(C)nn3C)cc2)n1. The molecule has 122 valence electrons. The van der Waals surface area contributed by atoms with Crippen molar-refractivity contribution < 1.29 is 4.92 Å². The van der Waals surface area contributed by atoms with E-state index in [2.05, 4.69) is 20.4 Å². The molecule has 0 amide bonds. The van der Waals surface area contributed by atoms with E-state index in [0.717, 1.165) is 16.9 Å². The smallest absolute Gasteiger partial charge is 0.334 e. The Morgan fingerprint density at radius 3 is 2.50 bits per heavy atom. The molecule has 0 spiro atoms. The zero-order chi connectivity index (χ0) is 17.3. The van der Waals surface area contributed by atoms with Crippen LogP contribution in [0.5, 0.6) is 0 Å². The predicted molar refractivity (Wildman–Crippen MR) is 90.1 cm³/mol. The molecule has 0 fully saturated rings. The van der Waals surface area contributed by atoms with Crippen LogP contribution in [0.1, 0.15) is 11.4 Å². The highest BCUT2D eigenvalue weighted by Crippen LogP contribution is 2.30. The number of aryl methyl sites for hydroxylation is 3. The van der Waals surface area contributed by atoms with Gasteiger partial charge in [-0.05, 0) is 44.2 Å². The molecule has 3 aromatic rings. The van der Waals surface area contributed by atoms with Gasteiger partial charge in [0, 0.05) is 30.2 Å². The van der Waals surface area contributed by atoms with E-state index in [1.807, 2.05) is 37.3 Å². The maximum absolute atomic E-state index is 11.2. The highest BCUT2D eigenvalue weighted by molar-refractivity contribution is 5.69. The van der Waals surface area contributed by atoms with Crippen LogP contribution in [0.15, 0.2) is 36.5 Å². The molecule has 8 nitrogen and oxygen atoms in total. The van der Waals surface area contributed by atoms with Crippen LogP contribution < -0.4 is 5.32 Å². The van der Waals surface area contributed by atoms with Gasteiger partial charge in [-0.2, -0.15) is 5.10 Å². The summed E-state index contributed by atoms with van der Waals surface area (Å²) in [4.78, 5) is 19.4. The van der Waals surface area contributed by atoms with Crippen molar-refractivity contribution >= 4 is 17.2 Å². The Hall–Kier alpha value is -3.29. The van der Waals surface area contributed by atoms with Crippen LogP contribution in [0.3, 0.4) is 0 Å². The number of hydrogen-bond donors (Lipinski definition) is 1. The second-order valence-corrected chi connectivity index (χ2v) is 5.39. The lowest BCUT2D eigenvalue weighted by Gasteiger charge is -2.07. The first-order valence-electron chi connectivity index (χ1n) is 7.31. The van der Waals surface area contributed by atoms with E-state index in [-0.39, 0.29) is 5.69 Å². The number of nitrogens with one attached hydrogen (secondary N) is 1. The second-order valence-electron chi connectivity index (χ2n) is 5.39. The third kappa shape index (κ3) is 2.94. The third-order valence-corrected chi connectivity index (χ3v) is 3.57. The fraction of sp³-hybridized carbons (Fsp3) is 0.188. The number of aromatic nitrogens is 4. The molecule has 24 heavy (non-hydrogen) atoms. The molecule has 8 heteroatoms. The predicted octanol–water partition coefficient (Wildman–Crippen LogP) is 3.15. The molecule has 0 aliphatic rings. The number of benzene rings is 1. The monoisotopic (exact) mass is 324 g/mol. The Morgan fingerprint density at radius 1 is 1.17 bits per heavy atom. The molecule has 0 atom stereocenters. The van der Waals surface area contributed by atoms with Crippen molar-refractivity contribution in [3.8, 4) is 11.4 Å². The van der Waals surface area contributed by atoms with E-state index >= 15 is 0 Å². The summed E-state index contributed by atoms with van der Waals surface area (Å²) < 4.78 is 1.46. The van der Waals surface area contributed by atoms with Gasteiger partial charge >= 0.3 is 5.69 Å². The maximum Gasteiger partial charge on any atom is 0.334 e. The number of nitrogens with zero attached hydrogens (tertiary/aromatic N) is 5. The average Bonchev–Trinajstić information content (AvgIpc) is 2.82. The normalized spacial score (nSPS) is 10.6. The molecule has 1 N–H and O–H groups in total. The Kier molecular flexibility index (Phi) is 3.95. The summed E-state index contributed by atoms with van der Waals surface area (Å²) in [5, 5.41) is 18.4. The quantitative estimate of drug-likeness (QED) is 0.584. The molecular weight excluding hydrogens is 308 g/mol. The molecule has 2 aromatic heterocycles. The Labute approximate surface area is 138 Å². The molecule has 0 saturated carbocycles. The molecule has 0 unspecified atom stereocenters. The largest absolute Gasteiger partial charge is 0.335 e. The Morgan fingerprint density at radius 2 is 1.88 bits per heavy atom. The summed E-state index contributed by atoms with van der Waals surface area (Å²) in [5.41, 5.74) is 2.83. The molecular formula is C16H16N6O2. The first kappa shape index (κ1) is 15.6. The molecule has 0 aliphatic carbocycles. The zero-order valence-corrected chi connectivity index (χ0v) is 13.5. The van der Waals surface area contributed by atoms with Crippen LogP contribution in [0.2, 0.25) is 0 Å². The summed E-state index contributed by atoms with van der Waals surface area (Å²) in [7, 11) is 1.66. The van der Waals surface area contributed by atoms with Gasteiger partial charge in [-0.1, -0.05) is 0 Å². The average molecular weight is 324 g/mol. The van der Waals surface area contributed by atoms with Crippen LogP contribution in [0.25, 0.3) is 11.4 Å². The minimum absolute atomic E-state index is 0.0244. The van der Waals surface area contributed by atoms with E-state index in [1.165, 1.54) is 4.68 Å². The van der Waals surface area contributed by atoms with Gasteiger partial charge in [-0.15, -0.1) is 0 Å². The highest BCUT2D eigenvalue weighted by Gasteiger charge is 2.23. The Balaban J connectivity index is 1.89. The first-order valence-corrected chi connectivity index (χ1v) is 7.31. The molecule has 0 bridgehead atoms. The molecule has 0 radical (unpaired) electrons. The van der Waals surface area contributed by atoms with Crippen LogP contribution in [0.4, 0.5) is 17.2 Å². The molecule has 1 aromatic carbocycles. The number of nitro groups is 1. The fourth-order valence-corrected chi connectivity index (χ4v) is 2.43. The maximum atomic E-state index is 11.2. The Bertz CT molecular complexity index is 901. The van der Waals surface area contributed by atoms with Crippen molar-refractivity contribution in [3.63, 3.8) is 0 Å². The lowest BCUT2D eigenvalue weighted by atomic mass is 10.2. The van der Waals surface area contributed by atoms with Gasteiger partial charge in [0.1, 0.15) is 5.69 Å². The van der Waals surface area contributed by atoms with E-state index in [1.54, 1.807) is 20.2 Å². The van der Waals surface area contributed by atoms with E-state index in [0.29, 0.717) is 17.3 Å². The highest BCUT2D eigenvalue weighted by atomic mass is 16.6. The minimum Gasteiger partial charge on any atom is -0.335 e. The lowest BCUT2D eigenvalue weighted by molar-refractivity contribution is -0.384. The van der Waals surface area contributed by atoms with Crippen LogP contribution >= 0.6 is 0 Å². The van der Waals surface area contributed by atoms with Gasteiger partial charge in [0.15, 0.2) is 5.82 Å². The van der Waals surface area contributed by atoms with Crippen molar-refractivity contribution in [3.05, 3.63) is 58.0 Å². The fourth-order valence-electron chi connectivity index (χ4n) is 2.43. The van der Waals surface area contributed by atoms with Gasteiger partial charge in [0.25, 0.3) is 0 Å². The van der Waals surface area contributed by atoms with Crippen molar-refractivity contribution in [2.75, 3.05) is 5.32 Å². The van der Waals surface area contributed by atoms with Gasteiger partial charge in [-0.25, -0.2) is 14.6 Å². The lowest BCUT2D eigenvalue weighted by Crippen LogP contribution is -2.01. The van der Waals surface area contributed by atoms with Gasteiger partial charge in [0.05, 0.1) is 4.92 Å².